The van der Waals surface area contributed by atoms with Gasteiger partial charge in [-0.25, -0.2) is 9.18 Å². The fourth-order valence-electron chi connectivity index (χ4n) is 6.89. The van der Waals surface area contributed by atoms with Crippen molar-refractivity contribution in [1.29, 1.82) is 0 Å². The van der Waals surface area contributed by atoms with Crippen molar-refractivity contribution < 1.29 is 18.8 Å². The van der Waals surface area contributed by atoms with E-state index in [1.54, 1.807) is 67.4 Å². The number of carbonyl (C=O) groups excluding carboxylic acids is 3. The van der Waals surface area contributed by atoms with Crippen molar-refractivity contribution in [2.24, 2.45) is 13.0 Å². The van der Waals surface area contributed by atoms with E-state index in [4.69, 9.17) is 11.6 Å². The van der Waals surface area contributed by atoms with Crippen molar-refractivity contribution in [3.63, 3.8) is 0 Å². The van der Waals surface area contributed by atoms with E-state index < -0.39 is 35.8 Å². The highest BCUT2D eigenvalue weighted by molar-refractivity contribution is 6.30. The van der Waals surface area contributed by atoms with E-state index in [9.17, 15) is 18.8 Å². The number of halogens is 2. The minimum Gasteiger partial charge on any atom is -0.338 e. The molecule has 3 amide bonds. The summed E-state index contributed by atoms with van der Waals surface area (Å²) in [6.07, 6.45) is 0. The second kappa shape index (κ2) is 13.1. The van der Waals surface area contributed by atoms with Crippen molar-refractivity contribution in [2.45, 2.75) is 31.8 Å². The van der Waals surface area contributed by atoms with Crippen LogP contribution in [0, 0.1) is 25.6 Å². The Hall–Kier alpha value is -4.54. The van der Waals surface area contributed by atoms with Crippen LogP contribution in [0.15, 0.2) is 78.9 Å². The Morgan fingerprint density at radius 1 is 0.957 bits per heavy atom. The van der Waals surface area contributed by atoms with Gasteiger partial charge in [0.1, 0.15) is 17.0 Å². The number of hydrogen-bond donors (Lipinski definition) is 2. The molecule has 0 bridgehead atoms. The number of Topliss-reactive ketones (excluding diaryl/α,β-unsaturated/α-hetero) is 1. The summed E-state index contributed by atoms with van der Waals surface area (Å²) in [5, 5.41) is 11.0. The minimum atomic E-state index is -1.12. The normalized spacial score (nSPS) is 21.3. The van der Waals surface area contributed by atoms with Gasteiger partial charge >= 0.3 is 6.03 Å². The molecule has 238 valence electrons. The Kier molecular flexibility index (Phi) is 8.93. The topological polar surface area (TPSA) is 99.6 Å². The molecule has 0 spiro atoms. The van der Waals surface area contributed by atoms with E-state index in [2.05, 4.69) is 15.7 Å². The second-order valence-corrected chi connectivity index (χ2v) is 12.3. The number of anilines is 1. The fourth-order valence-corrected chi connectivity index (χ4v) is 7.18. The summed E-state index contributed by atoms with van der Waals surface area (Å²) in [5.41, 5.74) is 3.45. The van der Waals surface area contributed by atoms with E-state index in [0.717, 1.165) is 5.56 Å². The van der Waals surface area contributed by atoms with Crippen LogP contribution in [0.4, 0.5) is 14.9 Å². The molecule has 11 heteroatoms. The third-order valence-electron chi connectivity index (χ3n) is 8.96. The zero-order chi connectivity index (χ0) is 32.5. The fraction of sp³-hybridized carbons (Fsp3) is 0.314. The maximum absolute atomic E-state index is 14.9. The Balaban J connectivity index is 1.62. The molecule has 0 saturated carbocycles. The SMILES string of the molecule is Cc1cccc(C(=O)C2C(c3ccc(F)cc3)C(C(=O)N3CCNCC3)N(C(=O)Nc3ccccc3)C2c2c(C)nn(C)c2Cl)c1. The van der Waals surface area contributed by atoms with Gasteiger partial charge in [0.2, 0.25) is 5.91 Å². The average molecular weight is 643 g/mol. The monoisotopic (exact) mass is 642 g/mol. The molecule has 2 saturated heterocycles. The maximum atomic E-state index is 14.9. The van der Waals surface area contributed by atoms with Crippen molar-refractivity contribution in [2.75, 3.05) is 31.5 Å². The van der Waals surface area contributed by atoms with Crippen LogP contribution < -0.4 is 10.6 Å². The van der Waals surface area contributed by atoms with Gasteiger partial charge in [-0.05, 0) is 49.7 Å². The highest BCUT2D eigenvalue weighted by Crippen LogP contribution is 2.53. The number of hydrogen-bond acceptors (Lipinski definition) is 5. The molecule has 46 heavy (non-hydrogen) atoms. The number of urea groups is 1. The van der Waals surface area contributed by atoms with Gasteiger partial charge in [0.05, 0.1) is 17.7 Å². The van der Waals surface area contributed by atoms with Gasteiger partial charge in [-0.3, -0.25) is 14.3 Å². The number of carbonyl (C=O) groups is 3. The van der Waals surface area contributed by atoms with Crippen LogP contribution in [0.5, 0.6) is 0 Å². The van der Waals surface area contributed by atoms with Crippen LogP contribution in [0.25, 0.3) is 0 Å². The van der Waals surface area contributed by atoms with E-state index in [1.165, 1.54) is 21.7 Å². The van der Waals surface area contributed by atoms with Crippen LogP contribution in [0.1, 0.15) is 44.7 Å². The predicted molar refractivity (Wildman–Crippen MR) is 174 cm³/mol. The number of rotatable bonds is 6. The molecule has 3 aromatic carbocycles. The Morgan fingerprint density at radius 3 is 2.28 bits per heavy atom. The maximum Gasteiger partial charge on any atom is 0.323 e. The number of aryl methyl sites for hydroxylation is 3. The number of benzene rings is 3. The summed E-state index contributed by atoms with van der Waals surface area (Å²) in [6.45, 7) is 5.75. The summed E-state index contributed by atoms with van der Waals surface area (Å²) in [5.74, 6) is -2.80. The van der Waals surface area contributed by atoms with Gasteiger partial charge in [-0.15, -0.1) is 0 Å². The minimum absolute atomic E-state index is 0.254. The van der Waals surface area contributed by atoms with E-state index in [-0.39, 0.29) is 16.8 Å². The molecule has 2 N–H and O–H groups in total. The van der Waals surface area contributed by atoms with Crippen molar-refractivity contribution in [3.05, 3.63) is 118 Å². The lowest BCUT2D eigenvalue weighted by Gasteiger charge is -2.36. The van der Waals surface area contributed by atoms with Gasteiger partial charge in [0.15, 0.2) is 5.78 Å². The van der Waals surface area contributed by atoms with Gasteiger partial charge in [-0.2, -0.15) is 5.10 Å². The van der Waals surface area contributed by atoms with Gasteiger partial charge in [0, 0.05) is 56.0 Å². The molecule has 3 heterocycles. The first-order valence-electron chi connectivity index (χ1n) is 15.3. The first kappa shape index (κ1) is 31.4. The third kappa shape index (κ3) is 5.90. The number of ketones is 1. The molecule has 2 fully saturated rings. The van der Waals surface area contributed by atoms with Crippen molar-refractivity contribution in [3.8, 4) is 0 Å². The van der Waals surface area contributed by atoms with Gasteiger partial charge < -0.3 is 20.4 Å². The number of aromatic nitrogens is 2. The number of amides is 3. The van der Waals surface area contributed by atoms with Gasteiger partial charge in [0.25, 0.3) is 0 Å². The summed E-state index contributed by atoms with van der Waals surface area (Å²) in [4.78, 5) is 47.5. The number of nitrogens with one attached hydrogen (secondary N) is 2. The van der Waals surface area contributed by atoms with Crippen molar-refractivity contribution >= 4 is 35.0 Å². The Bertz CT molecular complexity index is 1760. The molecule has 4 atom stereocenters. The number of piperazine rings is 1. The molecule has 9 nitrogen and oxygen atoms in total. The Labute approximate surface area is 272 Å². The van der Waals surface area contributed by atoms with Crippen LogP contribution in [0.2, 0.25) is 5.15 Å². The van der Waals surface area contributed by atoms with E-state index in [0.29, 0.717) is 54.3 Å². The lowest BCUT2D eigenvalue weighted by molar-refractivity contribution is -0.136. The summed E-state index contributed by atoms with van der Waals surface area (Å²) in [6, 6.07) is 19.4. The highest BCUT2D eigenvalue weighted by Gasteiger charge is 2.59. The smallest absolute Gasteiger partial charge is 0.323 e. The number of nitrogens with zero attached hydrogens (tertiary/aromatic N) is 4. The van der Waals surface area contributed by atoms with Crippen molar-refractivity contribution in [1.82, 2.24) is 24.9 Å². The highest BCUT2D eigenvalue weighted by atomic mass is 35.5. The molecule has 0 aliphatic carbocycles. The van der Waals surface area contributed by atoms with Crippen LogP contribution in [-0.2, 0) is 11.8 Å². The summed E-state index contributed by atoms with van der Waals surface area (Å²) >= 11 is 6.93. The standard InChI is InChI=1S/C35H36ClFN6O3/c1-21-8-7-9-24(20-21)32(44)29-28(23-12-14-25(37)15-13-23)31(34(45)42-18-16-38-17-19-42)43(35(46)39-26-10-5-4-6-11-26)30(29)27-22(2)40-41(3)33(27)36/h4-15,20,28-31,38H,16-19H2,1-3H3,(H,39,46). The average Bonchev–Trinajstić information content (AvgIpc) is 3.53. The van der Waals surface area contributed by atoms with E-state index >= 15 is 0 Å². The second-order valence-electron chi connectivity index (χ2n) is 11.9. The first-order chi connectivity index (χ1) is 22.2. The predicted octanol–water partition coefficient (Wildman–Crippen LogP) is 5.50. The third-order valence-corrected chi connectivity index (χ3v) is 9.41. The van der Waals surface area contributed by atoms with E-state index in [1.807, 2.05) is 25.1 Å². The molecule has 2 aliphatic rings. The molecule has 2 aliphatic heterocycles. The molecule has 0 radical (unpaired) electrons. The van der Waals surface area contributed by atoms with Crippen LogP contribution >= 0.6 is 11.6 Å². The lowest BCUT2D eigenvalue weighted by Crippen LogP contribution is -2.55. The van der Waals surface area contributed by atoms with Gasteiger partial charge in [-0.1, -0.05) is 65.7 Å². The zero-order valence-corrected chi connectivity index (χ0v) is 26.7. The lowest BCUT2D eigenvalue weighted by atomic mass is 9.75. The summed E-state index contributed by atoms with van der Waals surface area (Å²) in [7, 11) is 1.69. The number of para-hydroxylation sites is 1. The Morgan fingerprint density at radius 2 is 1.65 bits per heavy atom. The number of likely N-dealkylation sites (tertiary alicyclic amines) is 1. The van der Waals surface area contributed by atoms with Crippen LogP contribution in [0.3, 0.4) is 0 Å². The zero-order valence-electron chi connectivity index (χ0n) is 25.9. The summed E-state index contributed by atoms with van der Waals surface area (Å²) < 4.78 is 15.8. The van der Waals surface area contributed by atoms with Crippen LogP contribution in [-0.4, -0.2) is 69.5 Å². The molecular weight excluding hydrogens is 607 g/mol. The quantitative estimate of drug-likeness (QED) is 0.271. The molecule has 1 aromatic heterocycles. The molecular formula is C35H36ClFN6O3. The first-order valence-corrected chi connectivity index (χ1v) is 15.7. The largest absolute Gasteiger partial charge is 0.338 e. The molecule has 6 rings (SSSR count). The molecule has 4 unspecified atom stereocenters. The molecule has 4 aromatic rings.